The van der Waals surface area contributed by atoms with E-state index in [1.54, 1.807) is 0 Å². The van der Waals surface area contributed by atoms with Gasteiger partial charge in [0.1, 0.15) is 0 Å². The predicted octanol–water partition coefficient (Wildman–Crippen LogP) is 4.27. The largest absolute Gasteiger partial charge is 0.166 e. The third-order valence-corrected chi connectivity index (χ3v) is 3.22. The molecule has 18 heavy (non-hydrogen) atoms. The van der Waals surface area contributed by atoms with E-state index in [0.29, 0.717) is 5.75 Å². The molecular formula is C17H12S. The number of hydrogen-bond donors (Lipinski definition) is 1. The van der Waals surface area contributed by atoms with Gasteiger partial charge in [0.25, 0.3) is 0 Å². The lowest BCUT2D eigenvalue weighted by Crippen LogP contribution is -1.84. The molecule has 1 heteroatoms. The van der Waals surface area contributed by atoms with Crippen molar-refractivity contribution in [2.75, 3.05) is 5.75 Å². The highest BCUT2D eigenvalue weighted by Gasteiger charge is 2.04. The highest BCUT2D eigenvalue weighted by atomic mass is 32.1. The lowest BCUT2D eigenvalue weighted by molar-refractivity contribution is 1.73. The minimum absolute atomic E-state index is 0.581. The Kier molecular flexibility index (Phi) is 2.96. The van der Waals surface area contributed by atoms with Crippen LogP contribution in [-0.4, -0.2) is 5.75 Å². The van der Waals surface area contributed by atoms with Gasteiger partial charge in [0.2, 0.25) is 0 Å². The Balaban J connectivity index is 2.49. The lowest BCUT2D eigenvalue weighted by Gasteiger charge is -2.06. The monoisotopic (exact) mass is 248 g/mol. The van der Waals surface area contributed by atoms with E-state index in [4.69, 9.17) is 0 Å². The fourth-order valence-electron chi connectivity index (χ4n) is 2.28. The number of benzene rings is 3. The molecule has 0 N–H and O–H groups in total. The summed E-state index contributed by atoms with van der Waals surface area (Å²) >= 11 is 4.17. The zero-order valence-electron chi connectivity index (χ0n) is 9.85. The van der Waals surface area contributed by atoms with Crippen LogP contribution in [0.15, 0.2) is 54.6 Å². The molecule has 0 amide bonds. The first-order chi connectivity index (χ1) is 8.90. The molecule has 0 atom stereocenters. The number of fused-ring (bicyclic) bond motifs is 2. The zero-order chi connectivity index (χ0) is 12.4. The molecule has 0 nitrogen and oxygen atoms in total. The van der Waals surface area contributed by atoms with E-state index in [0.717, 1.165) is 5.56 Å². The van der Waals surface area contributed by atoms with Crippen LogP contribution in [0.2, 0.25) is 0 Å². The van der Waals surface area contributed by atoms with E-state index in [-0.39, 0.29) is 0 Å². The van der Waals surface area contributed by atoms with Gasteiger partial charge in [-0.2, -0.15) is 12.6 Å². The second kappa shape index (κ2) is 4.76. The van der Waals surface area contributed by atoms with Crippen molar-refractivity contribution in [3.05, 3.63) is 60.2 Å². The summed E-state index contributed by atoms with van der Waals surface area (Å²) < 4.78 is 0. The van der Waals surface area contributed by atoms with Crippen molar-refractivity contribution < 1.29 is 0 Å². The Bertz CT molecular complexity index is 722. The van der Waals surface area contributed by atoms with E-state index in [9.17, 15) is 0 Å². The minimum atomic E-state index is 0.581. The van der Waals surface area contributed by atoms with Gasteiger partial charge in [-0.05, 0) is 27.6 Å². The maximum absolute atomic E-state index is 4.17. The summed E-state index contributed by atoms with van der Waals surface area (Å²) in [6.45, 7) is 0. The van der Waals surface area contributed by atoms with Crippen LogP contribution in [0.3, 0.4) is 0 Å². The predicted molar refractivity (Wildman–Crippen MR) is 82.2 cm³/mol. The van der Waals surface area contributed by atoms with E-state index in [2.05, 4.69) is 79.1 Å². The number of hydrogen-bond acceptors (Lipinski definition) is 1. The van der Waals surface area contributed by atoms with Gasteiger partial charge in [-0.1, -0.05) is 60.4 Å². The van der Waals surface area contributed by atoms with Gasteiger partial charge in [-0.15, -0.1) is 0 Å². The summed E-state index contributed by atoms with van der Waals surface area (Å²) in [5, 5.41) is 4.90. The highest BCUT2D eigenvalue weighted by molar-refractivity contribution is 7.80. The molecule has 0 aromatic heterocycles. The SMILES string of the molecule is SCC#Cc1c2ccccc2cc2ccccc12. The molecule has 0 saturated heterocycles. The summed E-state index contributed by atoms with van der Waals surface area (Å²) in [6.07, 6.45) is 0. The molecular weight excluding hydrogens is 236 g/mol. The first-order valence-corrected chi connectivity index (χ1v) is 6.53. The fraction of sp³-hybridized carbons (Fsp3) is 0.0588. The molecule has 3 rings (SSSR count). The van der Waals surface area contributed by atoms with Crippen LogP contribution in [-0.2, 0) is 0 Å². The summed E-state index contributed by atoms with van der Waals surface area (Å²) in [6, 6.07) is 19.0. The molecule has 3 aromatic rings. The summed E-state index contributed by atoms with van der Waals surface area (Å²) in [7, 11) is 0. The van der Waals surface area contributed by atoms with Crippen LogP contribution in [0.1, 0.15) is 5.56 Å². The number of rotatable bonds is 0. The zero-order valence-corrected chi connectivity index (χ0v) is 10.7. The van der Waals surface area contributed by atoms with Gasteiger partial charge in [0, 0.05) is 5.56 Å². The molecule has 0 bridgehead atoms. The molecule has 0 saturated carbocycles. The van der Waals surface area contributed by atoms with Crippen molar-refractivity contribution in [2.45, 2.75) is 0 Å². The van der Waals surface area contributed by atoms with Gasteiger partial charge in [-0.3, -0.25) is 0 Å². The quantitative estimate of drug-likeness (QED) is 0.343. The van der Waals surface area contributed by atoms with Crippen LogP contribution in [0.25, 0.3) is 21.5 Å². The molecule has 0 unspecified atom stereocenters. The third-order valence-electron chi connectivity index (χ3n) is 3.06. The van der Waals surface area contributed by atoms with Crippen molar-refractivity contribution in [1.82, 2.24) is 0 Å². The first kappa shape index (κ1) is 11.2. The van der Waals surface area contributed by atoms with Crippen LogP contribution >= 0.6 is 12.6 Å². The first-order valence-electron chi connectivity index (χ1n) is 5.90. The maximum Gasteiger partial charge on any atom is 0.0521 e. The van der Waals surface area contributed by atoms with Crippen LogP contribution in [0, 0.1) is 11.8 Å². The van der Waals surface area contributed by atoms with E-state index < -0.39 is 0 Å². The second-order valence-electron chi connectivity index (χ2n) is 4.15. The molecule has 0 fully saturated rings. The molecule has 86 valence electrons. The average molecular weight is 248 g/mol. The van der Waals surface area contributed by atoms with Gasteiger partial charge >= 0.3 is 0 Å². The third kappa shape index (κ3) is 1.85. The fourth-order valence-corrected chi connectivity index (χ4v) is 2.36. The molecule has 3 aromatic carbocycles. The maximum atomic E-state index is 4.17. The molecule has 0 heterocycles. The highest BCUT2D eigenvalue weighted by Crippen LogP contribution is 2.27. The van der Waals surface area contributed by atoms with Crippen LogP contribution < -0.4 is 0 Å². The molecule has 0 spiro atoms. The Morgan fingerprint density at radius 2 is 1.39 bits per heavy atom. The Hall–Kier alpha value is -1.91. The van der Waals surface area contributed by atoms with E-state index >= 15 is 0 Å². The van der Waals surface area contributed by atoms with Gasteiger partial charge in [-0.25, -0.2) is 0 Å². The molecule has 0 radical (unpaired) electrons. The topological polar surface area (TPSA) is 0 Å². The van der Waals surface area contributed by atoms with Crippen molar-refractivity contribution in [2.24, 2.45) is 0 Å². The van der Waals surface area contributed by atoms with Crippen LogP contribution in [0.5, 0.6) is 0 Å². The standard InChI is InChI=1S/C17H12S/c18-11-5-10-17-15-8-3-1-6-13(15)12-14-7-2-4-9-16(14)17/h1-4,6-9,12,18H,11H2. The Labute approximate surface area is 112 Å². The van der Waals surface area contributed by atoms with Gasteiger partial charge in [0.05, 0.1) is 5.75 Å². The van der Waals surface area contributed by atoms with Gasteiger partial charge < -0.3 is 0 Å². The normalized spacial score (nSPS) is 10.3. The van der Waals surface area contributed by atoms with E-state index in [1.807, 2.05) is 0 Å². The van der Waals surface area contributed by atoms with Crippen molar-refractivity contribution in [3.8, 4) is 11.8 Å². The molecule has 0 aliphatic heterocycles. The Morgan fingerprint density at radius 1 is 0.833 bits per heavy atom. The molecule has 0 aliphatic carbocycles. The van der Waals surface area contributed by atoms with Gasteiger partial charge in [0.15, 0.2) is 0 Å². The summed E-state index contributed by atoms with van der Waals surface area (Å²) in [4.78, 5) is 0. The summed E-state index contributed by atoms with van der Waals surface area (Å²) in [5.41, 5.74) is 1.11. The summed E-state index contributed by atoms with van der Waals surface area (Å²) in [5.74, 6) is 6.90. The van der Waals surface area contributed by atoms with Crippen molar-refractivity contribution in [1.29, 1.82) is 0 Å². The second-order valence-corrected chi connectivity index (χ2v) is 4.47. The average Bonchev–Trinajstić information content (AvgIpc) is 2.43. The van der Waals surface area contributed by atoms with Crippen LogP contribution in [0.4, 0.5) is 0 Å². The van der Waals surface area contributed by atoms with Crippen molar-refractivity contribution >= 4 is 34.2 Å². The lowest BCUT2D eigenvalue weighted by atomic mass is 9.97. The van der Waals surface area contributed by atoms with Crippen molar-refractivity contribution in [3.63, 3.8) is 0 Å². The smallest absolute Gasteiger partial charge is 0.0521 e. The van der Waals surface area contributed by atoms with E-state index in [1.165, 1.54) is 21.5 Å². The minimum Gasteiger partial charge on any atom is -0.166 e. The number of thiol groups is 1. The molecule has 0 aliphatic rings. The Morgan fingerprint density at radius 3 is 1.94 bits per heavy atom.